The van der Waals surface area contributed by atoms with Gasteiger partial charge in [-0.25, -0.2) is 4.79 Å². The fraction of sp³-hybridized carbons (Fsp3) is 0.438. The van der Waals surface area contributed by atoms with E-state index in [0.29, 0.717) is 12.3 Å². The summed E-state index contributed by atoms with van der Waals surface area (Å²) in [6.07, 6.45) is -0.813. The number of hydrogen-bond acceptors (Lipinski definition) is 5. The number of thioether (sulfide) groups is 1. The number of carbonyl (C=O) groups excluding carboxylic acids is 3. The molecule has 0 bridgehead atoms. The molecule has 0 heterocycles. The number of amides is 3. The van der Waals surface area contributed by atoms with E-state index in [9.17, 15) is 14.4 Å². The van der Waals surface area contributed by atoms with Crippen molar-refractivity contribution in [3.8, 4) is 0 Å². The fourth-order valence-electron chi connectivity index (χ4n) is 1.61. The van der Waals surface area contributed by atoms with E-state index < -0.39 is 24.0 Å². The third kappa shape index (κ3) is 7.69. The summed E-state index contributed by atoms with van der Waals surface area (Å²) in [6, 6.07) is 7.40. The predicted octanol–water partition coefficient (Wildman–Crippen LogP) is 2.25. The molecule has 0 saturated heterocycles. The number of hydrogen-bond donors (Lipinski definition) is 2. The molecule has 0 fully saturated rings. The Hall–Kier alpha value is -2.02. The van der Waals surface area contributed by atoms with E-state index in [2.05, 4.69) is 10.6 Å². The fourth-order valence-corrected chi connectivity index (χ4v) is 2.45. The van der Waals surface area contributed by atoms with Crippen LogP contribution in [0.3, 0.4) is 0 Å². The molecule has 2 N–H and O–H groups in total. The molecule has 0 radical (unpaired) electrons. The van der Waals surface area contributed by atoms with Gasteiger partial charge in [-0.3, -0.25) is 14.9 Å². The molecule has 6 nitrogen and oxygen atoms in total. The van der Waals surface area contributed by atoms with Crippen LogP contribution in [0.25, 0.3) is 0 Å². The lowest BCUT2D eigenvalue weighted by Gasteiger charge is -2.13. The Morgan fingerprint density at radius 3 is 2.48 bits per heavy atom. The summed E-state index contributed by atoms with van der Waals surface area (Å²) in [5, 5.41) is 4.53. The van der Waals surface area contributed by atoms with Gasteiger partial charge >= 0.3 is 12.0 Å². The van der Waals surface area contributed by atoms with Crippen molar-refractivity contribution in [3.63, 3.8) is 0 Å². The number of ether oxygens (including phenoxy) is 1. The standard InChI is InChI=1S/C16H22N2O4S/c1-4-17-16(21)18-15(20)12(3)22-14(19)9-10-23-13-7-5-11(2)6-8-13/h5-8,12H,4,9-10H2,1-3H3,(H2,17,18,20,21)/t12-/m1/s1. The van der Waals surface area contributed by atoms with Crippen LogP contribution in [0, 0.1) is 6.92 Å². The molecule has 1 atom stereocenters. The van der Waals surface area contributed by atoms with Crippen LogP contribution in [0.5, 0.6) is 0 Å². The molecule has 0 spiro atoms. The van der Waals surface area contributed by atoms with E-state index in [4.69, 9.17) is 4.74 Å². The normalized spacial score (nSPS) is 11.4. The van der Waals surface area contributed by atoms with Crippen LogP contribution < -0.4 is 10.6 Å². The number of rotatable bonds is 7. The Morgan fingerprint density at radius 1 is 1.22 bits per heavy atom. The average Bonchev–Trinajstić information content (AvgIpc) is 2.49. The summed E-state index contributed by atoms with van der Waals surface area (Å²) < 4.78 is 5.00. The highest BCUT2D eigenvalue weighted by Crippen LogP contribution is 2.19. The number of esters is 1. The average molecular weight is 338 g/mol. The molecule has 0 unspecified atom stereocenters. The van der Waals surface area contributed by atoms with Crippen molar-refractivity contribution in [2.24, 2.45) is 0 Å². The van der Waals surface area contributed by atoms with Crippen molar-refractivity contribution in [1.29, 1.82) is 0 Å². The maximum Gasteiger partial charge on any atom is 0.321 e. The lowest BCUT2D eigenvalue weighted by molar-refractivity contribution is -0.154. The molecule has 3 amide bonds. The summed E-state index contributed by atoms with van der Waals surface area (Å²) in [7, 11) is 0. The van der Waals surface area contributed by atoms with Crippen molar-refractivity contribution < 1.29 is 19.1 Å². The molecular weight excluding hydrogens is 316 g/mol. The van der Waals surface area contributed by atoms with E-state index >= 15 is 0 Å². The van der Waals surface area contributed by atoms with E-state index in [1.807, 2.05) is 31.2 Å². The highest BCUT2D eigenvalue weighted by atomic mass is 32.2. The van der Waals surface area contributed by atoms with Gasteiger partial charge in [0, 0.05) is 17.2 Å². The monoisotopic (exact) mass is 338 g/mol. The number of urea groups is 1. The molecule has 1 aromatic carbocycles. The van der Waals surface area contributed by atoms with E-state index in [-0.39, 0.29) is 6.42 Å². The second-order valence-electron chi connectivity index (χ2n) is 4.89. The second-order valence-corrected chi connectivity index (χ2v) is 6.06. The highest BCUT2D eigenvalue weighted by molar-refractivity contribution is 7.99. The molecular formula is C16H22N2O4S. The van der Waals surface area contributed by atoms with Crippen molar-refractivity contribution in [3.05, 3.63) is 29.8 Å². The van der Waals surface area contributed by atoms with Crippen molar-refractivity contribution in [1.82, 2.24) is 10.6 Å². The van der Waals surface area contributed by atoms with Crippen LogP contribution in [0.1, 0.15) is 25.8 Å². The zero-order valence-electron chi connectivity index (χ0n) is 13.5. The Labute approximate surface area is 140 Å². The zero-order chi connectivity index (χ0) is 17.2. The Morgan fingerprint density at radius 2 is 1.87 bits per heavy atom. The number of nitrogens with one attached hydrogen (secondary N) is 2. The molecule has 126 valence electrons. The van der Waals surface area contributed by atoms with Crippen LogP contribution in [-0.2, 0) is 14.3 Å². The lowest BCUT2D eigenvalue weighted by atomic mass is 10.2. The van der Waals surface area contributed by atoms with Gasteiger partial charge in [-0.1, -0.05) is 17.7 Å². The van der Waals surface area contributed by atoms with Gasteiger partial charge in [0.05, 0.1) is 6.42 Å². The van der Waals surface area contributed by atoms with Gasteiger partial charge in [0.1, 0.15) is 0 Å². The molecule has 0 aliphatic rings. The molecule has 0 saturated carbocycles. The number of aryl methyl sites for hydroxylation is 1. The van der Waals surface area contributed by atoms with E-state index in [1.165, 1.54) is 12.5 Å². The minimum Gasteiger partial charge on any atom is -0.453 e. The zero-order valence-corrected chi connectivity index (χ0v) is 14.4. The van der Waals surface area contributed by atoms with Gasteiger partial charge in [0.2, 0.25) is 0 Å². The first-order valence-corrected chi connectivity index (χ1v) is 8.38. The van der Waals surface area contributed by atoms with Crippen LogP contribution in [0.2, 0.25) is 0 Å². The Bertz CT molecular complexity index is 546. The van der Waals surface area contributed by atoms with Gasteiger partial charge in [-0.2, -0.15) is 0 Å². The van der Waals surface area contributed by atoms with Crippen LogP contribution >= 0.6 is 11.8 Å². The molecule has 1 aromatic rings. The second kappa shape index (κ2) is 9.89. The van der Waals surface area contributed by atoms with Gasteiger partial charge in [-0.15, -0.1) is 11.8 Å². The Kier molecular flexibility index (Phi) is 8.18. The summed E-state index contributed by atoms with van der Waals surface area (Å²) in [6.45, 7) is 5.58. The summed E-state index contributed by atoms with van der Waals surface area (Å²) in [5.74, 6) is -0.550. The molecule has 0 aromatic heterocycles. The number of benzene rings is 1. The third-order valence-electron chi connectivity index (χ3n) is 2.85. The predicted molar refractivity (Wildman–Crippen MR) is 89.3 cm³/mol. The minimum absolute atomic E-state index is 0.192. The molecule has 0 aliphatic carbocycles. The summed E-state index contributed by atoms with van der Waals surface area (Å²) >= 11 is 1.54. The van der Waals surface area contributed by atoms with Crippen LogP contribution in [-0.4, -0.2) is 36.3 Å². The quantitative estimate of drug-likeness (QED) is 0.588. The van der Waals surface area contributed by atoms with Crippen LogP contribution in [0.4, 0.5) is 4.79 Å². The van der Waals surface area contributed by atoms with E-state index in [1.54, 1.807) is 18.7 Å². The third-order valence-corrected chi connectivity index (χ3v) is 3.86. The van der Waals surface area contributed by atoms with Gasteiger partial charge < -0.3 is 10.1 Å². The van der Waals surface area contributed by atoms with Gasteiger partial charge in [0.25, 0.3) is 5.91 Å². The Balaban J connectivity index is 2.28. The number of carbonyl (C=O) groups is 3. The molecule has 7 heteroatoms. The molecule has 0 aliphatic heterocycles. The lowest BCUT2D eigenvalue weighted by Crippen LogP contribution is -2.44. The SMILES string of the molecule is CCNC(=O)NC(=O)[C@@H](C)OC(=O)CCSc1ccc(C)cc1. The minimum atomic E-state index is -1.01. The van der Waals surface area contributed by atoms with Crippen molar-refractivity contribution in [2.75, 3.05) is 12.3 Å². The molecule has 23 heavy (non-hydrogen) atoms. The number of imide groups is 1. The van der Waals surface area contributed by atoms with E-state index in [0.717, 1.165) is 4.90 Å². The summed E-state index contributed by atoms with van der Waals surface area (Å²) in [5.41, 5.74) is 1.18. The van der Waals surface area contributed by atoms with Crippen molar-refractivity contribution >= 4 is 29.7 Å². The van der Waals surface area contributed by atoms with Crippen LogP contribution in [0.15, 0.2) is 29.2 Å². The largest absolute Gasteiger partial charge is 0.453 e. The maximum atomic E-state index is 11.7. The smallest absolute Gasteiger partial charge is 0.321 e. The summed E-state index contributed by atoms with van der Waals surface area (Å²) in [4.78, 5) is 35.6. The first-order valence-electron chi connectivity index (χ1n) is 7.40. The van der Waals surface area contributed by atoms with Crippen molar-refractivity contribution in [2.45, 2.75) is 38.2 Å². The maximum absolute atomic E-state index is 11.7. The van der Waals surface area contributed by atoms with Gasteiger partial charge in [-0.05, 0) is 32.9 Å². The first-order chi connectivity index (χ1) is 10.9. The van der Waals surface area contributed by atoms with Gasteiger partial charge in [0.15, 0.2) is 6.10 Å². The first kappa shape index (κ1) is 19.0. The highest BCUT2D eigenvalue weighted by Gasteiger charge is 2.19. The topological polar surface area (TPSA) is 84.5 Å². The molecule has 1 rings (SSSR count).